The van der Waals surface area contributed by atoms with Gasteiger partial charge in [0.25, 0.3) is 0 Å². The van der Waals surface area contributed by atoms with Crippen LogP contribution in [0.1, 0.15) is 93.8 Å². The zero-order valence-corrected chi connectivity index (χ0v) is 30.2. The van der Waals surface area contributed by atoms with Crippen molar-refractivity contribution in [2.45, 2.75) is 96.6 Å². The van der Waals surface area contributed by atoms with Crippen LogP contribution in [0.4, 0.5) is 0 Å². The van der Waals surface area contributed by atoms with E-state index in [1.54, 1.807) is 18.3 Å². The summed E-state index contributed by atoms with van der Waals surface area (Å²) in [5, 5.41) is 7.10. The third kappa shape index (κ3) is 9.98. The van der Waals surface area contributed by atoms with Gasteiger partial charge in [-0.1, -0.05) is 44.5 Å². The number of para-hydroxylation sites is 1. The lowest BCUT2D eigenvalue weighted by Gasteiger charge is -2.32. The second-order valence-corrected chi connectivity index (χ2v) is 14.7. The van der Waals surface area contributed by atoms with Crippen molar-refractivity contribution in [1.29, 1.82) is 0 Å². The molecule has 0 aliphatic carbocycles. The van der Waals surface area contributed by atoms with Gasteiger partial charge in [-0.25, -0.2) is 4.98 Å². The molecule has 0 radical (unpaired) electrons. The standard InChI is InChI=1S/C39H52N4O6S/c1-3-25-12-13-32-35(21-25)50-36(41-32)24-28(22-29(44)4-2)39(47)43-37(26-14-18-48-19-15-26)33(45)23-27(9-7-8-17-40)38(46)42-31-16-20-49-34-11-6-5-10-30(31)34/h5-6,10-13,21,26-28,31,37H,3-4,7-9,14-20,22-24,40H2,1-2H3,(H,42,46)(H,43,47)/t27-,28+,31-,37+/m1/s1. The number of thiazole rings is 1. The van der Waals surface area contributed by atoms with Gasteiger partial charge >= 0.3 is 0 Å². The van der Waals surface area contributed by atoms with E-state index in [2.05, 4.69) is 29.7 Å². The molecule has 0 saturated carbocycles. The first kappa shape index (κ1) is 37.6. The monoisotopic (exact) mass is 704 g/mol. The number of rotatable bonds is 18. The molecule has 2 aromatic carbocycles. The van der Waals surface area contributed by atoms with Gasteiger partial charge in [0, 0.05) is 56.8 Å². The predicted molar refractivity (Wildman–Crippen MR) is 195 cm³/mol. The number of Topliss-reactive ketones (excluding diaryl/α,β-unsaturated/α-hetero) is 2. The Bertz CT molecular complexity index is 1620. The second-order valence-electron chi connectivity index (χ2n) is 13.6. The number of unbranched alkanes of at least 4 members (excludes halogenated alkanes) is 1. The highest BCUT2D eigenvalue weighted by Crippen LogP contribution is 2.33. The van der Waals surface area contributed by atoms with Gasteiger partial charge in [-0.3, -0.25) is 19.2 Å². The molecule has 3 aromatic rings. The first-order chi connectivity index (χ1) is 24.3. The van der Waals surface area contributed by atoms with Crippen molar-refractivity contribution in [2.24, 2.45) is 23.5 Å². The van der Waals surface area contributed by atoms with Crippen LogP contribution in [0.3, 0.4) is 0 Å². The van der Waals surface area contributed by atoms with Crippen molar-refractivity contribution < 1.29 is 28.7 Å². The Labute approximate surface area is 299 Å². The molecule has 3 heterocycles. The average Bonchev–Trinajstić information content (AvgIpc) is 3.55. The molecule has 50 heavy (non-hydrogen) atoms. The lowest BCUT2D eigenvalue weighted by atomic mass is 9.83. The summed E-state index contributed by atoms with van der Waals surface area (Å²) in [6, 6.07) is 12.9. The van der Waals surface area contributed by atoms with E-state index in [-0.39, 0.29) is 48.2 Å². The maximum atomic E-state index is 14.3. The molecule has 0 bridgehead atoms. The number of ketones is 2. The van der Waals surface area contributed by atoms with Crippen molar-refractivity contribution >= 4 is 44.9 Å². The van der Waals surface area contributed by atoms with Crippen LogP contribution in [-0.4, -0.2) is 60.8 Å². The van der Waals surface area contributed by atoms with Crippen LogP contribution in [0.25, 0.3) is 10.2 Å². The Morgan fingerprint density at radius 2 is 1.76 bits per heavy atom. The number of ether oxygens (including phenoxy) is 2. The van der Waals surface area contributed by atoms with E-state index in [1.165, 1.54) is 5.56 Å². The molecule has 270 valence electrons. The number of amides is 2. The van der Waals surface area contributed by atoms with Crippen LogP contribution in [0.5, 0.6) is 5.75 Å². The summed E-state index contributed by atoms with van der Waals surface area (Å²) in [5.74, 6) is -1.30. The minimum absolute atomic E-state index is 0.000234. The first-order valence-electron chi connectivity index (χ1n) is 18.3. The average molecular weight is 705 g/mol. The molecular weight excluding hydrogens is 653 g/mol. The molecule has 1 fully saturated rings. The topological polar surface area (TPSA) is 150 Å². The number of nitrogens with one attached hydrogen (secondary N) is 2. The van der Waals surface area contributed by atoms with Crippen LogP contribution in [0.2, 0.25) is 0 Å². The molecule has 10 nitrogen and oxygen atoms in total. The minimum atomic E-state index is -0.790. The Balaban J connectivity index is 1.34. The predicted octanol–water partition coefficient (Wildman–Crippen LogP) is 5.64. The van der Waals surface area contributed by atoms with Crippen LogP contribution < -0.4 is 21.1 Å². The smallest absolute Gasteiger partial charge is 0.224 e. The normalized spacial score (nSPS) is 18.0. The second kappa shape index (κ2) is 18.5. The molecule has 2 amide bonds. The Hall–Kier alpha value is -3.67. The fourth-order valence-corrected chi connectivity index (χ4v) is 8.12. The molecule has 1 aromatic heterocycles. The number of fused-ring (bicyclic) bond motifs is 2. The third-order valence-electron chi connectivity index (χ3n) is 10.0. The van der Waals surface area contributed by atoms with Crippen molar-refractivity contribution in [1.82, 2.24) is 15.6 Å². The van der Waals surface area contributed by atoms with Crippen LogP contribution >= 0.6 is 11.3 Å². The fourth-order valence-electron chi connectivity index (χ4n) is 7.01. The number of hydrogen-bond acceptors (Lipinski definition) is 9. The molecule has 2 aliphatic heterocycles. The largest absolute Gasteiger partial charge is 0.493 e. The summed E-state index contributed by atoms with van der Waals surface area (Å²) in [6.07, 6.45) is 5.47. The van der Waals surface area contributed by atoms with E-state index in [1.807, 2.05) is 30.3 Å². The molecule has 0 unspecified atom stereocenters. The van der Waals surface area contributed by atoms with E-state index in [9.17, 15) is 19.2 Å². The maximum absolute atomic E-state index is 14.3. The number of aromatic nitrogens is 1. The molecule has 11 heteroatoms. The van der Waals surface area contributed by atoms with E-state index in [4.69, 9.17) is 20.2 Å². The summed E-state index contributed by atoms with van der Waals surface area (Å²) in [4.78, 5) is 59.8. The number of nitrogens with zero attached hydrogens (tertiary/aromatic N) is 1. The van der Waals surface area contributed by atoms with Gasteiger partial charge in [-0.15, -0.1) is 11.3 Å². The summed E-state index contributed by atoms with van der Waals surface area (Å²) < 4.78 is 12.5. The number of benzene rings is 2. The lowest BCUT2D eigenvalue weighted by molar-refractivity contribution is -0.136. The van der Waals surface area contributed by atoms with E-state index in [0.29, 0.717) is 71.3 Å². The van der Waals surface area contributed by atoms with Crippen molar-refractivity contribution in [3.8, 4) is 5.75 Å². The van der Waals surface area contributed by atoms with Crippen molar-refractivity contribution in [3.63, 3.8) is 0 Å². The van der Waals surface area contributed by atoms with E-state index in [0.717, 1.165) is 39.4 Å². The van der Waals surface area contributed by atoms with Gasteiger partial charge in [-0.05, 0) is 68.3 Å². The zero-order valence-electron chi connectivity index (χ0n) is 29.4. The lowest BCUT2D eigenvalue weighted by Crippen LogP contribution is -2.50. The van der Waals surface area contributed by atoms with Gasteiger partial charge in [0.05, 0.1) is 39.8 Å². The molecule has 4 N–H and O–H groups in total. The molecule has 2 aliphatic rings. The van der Waals surface area contributed by atoms with Crippen molar-refractivity contribution in [2.75, 3.05) is 26.4 Å². The Morgan fingerprint density at radius 3 is 2.52 bits per heavy atom. The van der Waals surface area contributed by atoms with Gasteiger partial charge in [0.15, 0.2) is 5.78 Å². The van der Waals surface area contributed by atoms with Crippen LogP contribution in [0, 0.1) is 17.8 Å². The van der Waals surface area contributed by atoms with Crippen LogP contribution in [-0.2, 0) is 36.8 Å². The number of hydrogen-bond donors (Lipinski definition) is 3. The number of aryl methyl sites for hydroxylation is 1. The summed E-state index contributed by atoms with van der Waals surface area (Å²) in [5.41, 5.74) is 8.81. The Kier molecular flexibility index (Phi) is 13.9. The zero-order chi connectivity index (χ0) is 35.5. The van der Waals surface area contributed by atoms with Crippen LogP contribution in [0.15, 0.2) is 42.5 Å². The highest BCUT2D eigenvalue weighted by atomic mass is 32.1. The maximum Gasteiger partial charge on any atom is 0.224 e. The fraction of sp³-hybridized carbons (Fsp3) is 0.564. The highest BCUT2D eigenvalue weighted by Gasteiger charge is 2.36. The van der Waals surface area contributed by atoms with Gasteiger partial charge < -0.3 is 25.8 Å². The summed E-state index contributed by atoms with van der Waals surface area (Å²) in [7, 11) is 0. The SMILES string of the molecule is CCC(=O)C[C@@H](Cc1nc2ccc(CC)cc2s1)C(=O)N[C@H](C(=O)C[C@@H](CCCCN)C(=O)N[C@@H]1CCOc2ccccc21)C1CCOCC1. The first-order valence-corrected chi connectivity index (χ1v) is 19.1. The number of carbonyl (C=O) groups excluding carboxylic acids is 4. The molecular formula is C39H52N4O6S. The minimum Gasteiger partial charge on any atom is -0.493 e. The molecule has 4 atom stereocenters. The van der Waals surface area contributed by atoms with Gasteiger partial charge in [0.2, 0.25) is 11.8 Å². The van der Waals surface area contributed by atoms with Gasteiger partial charge in [0.1, 0.15) is 11.5 Å². The number of nitrogens with two attached hydrogens (primary N) is 1. The van der Waals surface area contributed by atoms with E-state index >= 15 is 0 Å². The van der Waals surface area contributed by atoms with Crippen molar-refractivity contribution in [3.05, 3.63) is 58.6 Å². The number of carbonyl (C=O) groups is 4. The molecule has 1 saturated heterocycles. The summed E-state index contributed by atoms with van der Waals surface area (Å²) in [6.45, 7) is 5.90. The summed E-state index contributed by atoms with van der Waals surface area (Å²) >= 11 is 1.54. The van der Waals surface area contributed by atoms with E-state index < -0.39 is 17.9 Å². The van der Waals surface area contributed by atoms with Gasteiger partial charge in [-0.2, -0.15) is 0 Å². The third-order valence-corrected chi connectivity index (χ3v) is 11.1. The Morgan fingerprint density at radius 1 is 0.960 bits per heavy atom. The highest BCUT2D eigenvalue weighted by molar-refractivity contribution is 7.18. The molecule has 5 rings (SSSR count). The molecule has 0 spiro atoms. The quantitative estimate of drug-likeness (QED) is 0.144.